The number of carbonyl (C=O) groups excluding carboxylic acids is 1. The van der Waals surface area contributed by atoms with E-state index < -0.39 is 12.0 Å². The van der Waals surface area contributed by atoms with Crippen LogP contribution in [-0.4, -0.2) is 52.7 Å². The number of morpholine rings is 1. The third-order valence-electron chi connectivity index (χ3n) is 3.41. The third-order valence-corrected chi connectivity index (χ3v) is 5.65. The van der Waals surface area contributed by atoms with E-state index in [-0.39, 0.29) is 18.9 Å². The number of rotatable bonds is 4. The maximum atomic E-state index is 12.6. The molecule has 9 heteroatoms. The minimum atomic E-state index is -0.953. The van der Waals surface area contributed by atoms with Crippen molar-refractivity contribution in [2.45, 2.75) is 12.5 Å². The molecule has 1 amide bonds. The third kappa shape index (κ3) is 3.72. The molecule has 23 heavy (non-hydrogen) atoms. The predicted molar refractivity (Wildman–Crippen MR) is 88.3 cm³/mol. The Hall–Kier alpha value is -1.48. The Kier molecular flexibility index (Phi) is 4.96. The van der Waals surface area contributed by atoms with Crippen molar-refractivity contribution in [1.82, 2.24) is 9.88 Å². The lowest BCUT2D eigenvalue weighted by molar-refractivity contribution is -0.139. The molecule has 0 spiro atoms. The highest BCUT2D eigenvalue weighted by molar-refractivity contribution is 7.23. The number of nitrogens with zero attached hydrogens (tertiary/aromatic N) is 2. The molecular formula is C14H13ClN2O4S2. The lowest BCUT2D eigenvalue weighted by Gasteiger charge is -2.34. The fourth-order valence-corrected chi connectivity index (χ4v) is 4.26. The van der Waals surface area contributed by atoms with Crippen LogP contribution in [0.2, 0.25) is 4.34 Å². The SMILES string of the molecule is O=C(O)CC1COCCN1C(=O)c1csc(-c2ccc(Cl)s2)n1. The van der Waals surface area contributed by atoms with Crippen LogP contribution in [0.1, 0.15) is 16.9 Å². The fraction of sp³-hybridized carbons (Fsp3) is 0.357. The molecule has 2 aromatic heterocycles. The first kappa shape index (κ1) is 16.4. The van der Waals surface area contributed by atoms with Gasteiger partial charge >= 0.3 is 5.97 Å². The van der Waals surface area contributed by atoms with E-state index in [1.54, 1.807) is 11.4 Å². The van der Waals surface area contributed by atoms with Crippen molar-refractivity contribution in [2.75, 3.05) is 19.8 Å². The molecule has 0 aliphatic carbocycles. The molecule has 3 rings (SSSR count). The van der Waals surface area contributed by atoms with Crippen molar-refractivity contribution in [3.63, 3.8) is 0 Å². The van der Waals surface area contributed by atoms with Crippen molar-refractivity contribution < 1.29 is 19.4 Å². The molecule has 0 aromatic carbocycles. The molecule has 1 aliphatic heterocycles. The van der Waals surface area contributed by atoms with E-state index >= 15 is 0 Å². The van der Waals surface area contributed by atoms with Gasteiger partial charge in [0.15, 0.2) is 0 Å². The number of halogens is 1. The van der Waals surface area contributed by atoms with Gasteiger partial charge in [-0.15, -0.1) is 22.7 Å². The number of carboxylic acid groups (broad SMARTS) is 1. The highest BCUT2D eigenvalue weighted by Gasteiger charge is 2.31. The van der Waals surface area contributed by atoms with E-state index in [2.05, 4.69) is 4.98 Å². The number of aliphatic carboxylic acids is 1. The molecular weight excluding hydrogens is 360 g/mol. The van der Waals surface area contributed by atoms with Gasteiger partial charge in [-0.25, -0.2) is 4.98 Å². The van der Waals surface area contributed by atoms with Gasteiger partial charge in [-0.3, -0.25) is 9.59 Å². The van der Waals surface area contributed by atoms with Crippen molar-refractivity contribution in [2.24, 2.45) is 0 Å². The quantitative estimate of drug-likeness (QED) is 0.892. The summed E-state index contributed by atoms with van der Waals surface area (Å²) in [6.45, 7) is 1.00. The van der Waals surface area contributed by atoms with E-state index in [4.69, 9.17) is 21.4 Å². The second-order valence-corrected chi connectivity index (χ2v) is 7.54. The Morgan fingerprint density at radius 2 is 2.30 bits per heavy atom. The van der Waals surface area contributed by atoms with Gasteiger partial charge in [0.2, 0.25) is 0 Å². The van der Waals surface area contributed by atoms with Gasteiger partial charge in [-0.05, 0) is 12.1 Å². The summed E-state index contributed by atoms with van der Waals surface area (Å²) >= 11 is 8.69. The van der Waals surface area contributed by atoms with Crippen LogP contribution in [0.3, 0.4) is 0 Å². The normalized spacial score (nSPS) is 18.1. The van der Waals surface area contributed by atoms with Gasteiger partial charge in [-0.2, -0.15) is 0 Å². The van der Waals surface area contributed by atoms with Crippen LogP contribution < -0.4 is 0 Å². The van der Waals surface area contributed by atoms with Gasteiger partial charge in [-0.1, -0.05) is 11.6 Å². The van der Waals surface area contributed by atoms with Gasteiger partial charge in [0.05, 0.1) is 34.9 Å². The van der Waals surface area contributed by atoms with Gasteiger partial charge in [0, 0.05) is 11.9 Å². The average Bonchev–Trinajstić information content (AvgIpc) is 3.15. The zero-order valence-electron chi connectivity index (χ0n) is 11.9. The lowest BCUT2D eigenvalue weighted by atomic mass is 10.1. The van der Waals surface area contributed by atoms with Crippen molar-refractivity contribution in [3.05, 3.63) is 27.5 Å². The molecule has 6 nitrogen and oxygen atoms in total. The van der Waals surface area contributed by atoms with Crippen molar-refractivity contribution in [1.29, 1.82) is 0 Å². The number of carboxylic acids is 1. The summed E-state index contributed by atoms with van der Waals surface area (Å²) in [6, 6.07) is 3.19. The first-order valence-electron chi connectivity index (χ1n) is 6.86. The molecule has 1 N–H and O–H groups in total. The van der Waals surface area contributed by atoms with E-state index in [1.807, 2.05) is 6.07 Å². The number of aromatic nitrogens is 1. The second kappa shape index (κ2) is 6.96. The average molecular weight is 373 g/mol. The monoisotopic (exact) mass is 372 g/mol. The minimum Gasteiger partial charge on any atom is -0.481 e. The summed E-state index contributed by atoms with van der Waals surface area (Å²) in [6.07, 6.45) is -0.136. The van der Waals surface area contributed by atoms with Crippen molar-refractivity contribution in [3.8, 4) is 9.88 Å². The minimum absolute atomic E-state index is 0.136. The van der Waals surface area contributed by atoms with E-state index in [0.29, 0.717) is 23.2 Å². The molecule has 1 fully saturated rings. The maximum absolute atomic E-state index is 12.6. The van der Waals surface area contributed by atoms with Crippen LogP contribution in [0.25, 0.3) is 9.88 Å². The number of thiazole rings is 1. The van der Waals surface area contributed by atoms with Crippen LogP contribution in [0.4, 0.5) is 0 Å². The van der Waals surface area contributed by atoms with Crippen LogP contribution in [0.15, 0.2) is 17.5 Å². The summed E-state index contributed by atoms with van der Waals surface area (Å²) in [5.41, 5.74) is 0.326. The molecule has 122 valence electrons. The molecule has 0 radical (unpaired) electrons. The first-order valence-corrected chi connectivity index (χ1v) is 8.94. The standard InChI is InChI=1S/C14H13ClN2O4S2/c15-11-2-1-10(23-11)13-16-9(7-22-13)14(20)17-3-4-21-6-8(17)5-12(18)19/h1-2,7-8H,3-6H2,(H,18,19). The highest BCUT2D eigenvalue weighted by Crippen LogP contribution is 2.33. The molecule has 1 saturated heterocycles. The zero-order valence-corrected chi connectivity index (χ0v) is 14.3. The summed E-state index contributed by atoms with van der Waals surface area (Å²) in [5, 5.41) is 11.4. The van der Waals surface area contributed by atoms with Crippen LogP contribution in [-0.2, 0) is 9.53 Å². The van der Waals surface area contributed by atoms with Crippen molar-refractivity contribution >= 4 is 46.2 Å². The highest BCUT2D eigenvalue weighted by atomic mass is 35.5. The summed E-state index contributed by atoms with van der Waals surface area (Å²) < 4.78 is 5.95. The topological polar surface area (TPSA) is 79.7 Å². The maximum Gasteiger partial charge on any atom is 0.305 e. The fourth-order valence-electron chi connectivity index (χ4n) is 2.35. The number of carbonyl (C=O) groups is 2. The molecule has 1 unspecified atom stereocenters. The van der Waals surface area contributed by atoms with Crippen LogP contribution in [0.5, 0.6) is 0 Å². The number of hydrogen-bond acceptors (Lipinski definition) is 6. The Bertz CT molecular complexity index is 730. The Morgan fingerprint density at radius 3 is 3.00 bits per heavy atom. The molecule has 2 aromatic rings. The van der Waals surface area contributed by atoms with Gasteiger partial charge < -0.3 is 14.7 Å². The van der Waals surface area contributed by atoms with E-state index in [9.17, 15) is 9.59 Å². The van der Waals surface area contributed by atoms with Crippen LogP contribution in [0, 0.1) is 0 Å². The van der Waals surface area contributed by atoms with Crippen LogP contribution >= 0.6 is 34.3 Å². The summed E-state index contributed by atoms with van der Waals surface area (Å²) in [7, 11) is 0. The number of amides is 1. The van der Waals surface area contributed by atoms with E-state index in [0.717, 1.165) is 9.88 Å². The second-order valence-electron chi connectivity index (χ2n) is 4.97. The number of ether oxygens (including phenoxy) is 1. The smallest absolute Gasteiger partial charge is 0.305 e. The Labute approximate surface area is 145 Å². The molecule has 0 bridgehead atoms. The number of hydrogen-bond donors (Lipinski definition) is 1. The largest absolute Gasteiger partial charge is 0.481 e. The predicted octanol–water partition coefficient (Wildman–Crippen LogP) is 2.84. The molecule has 1 atom stereocenters. The van der Waals surface area contributed by atoms with E-state index in [1.165, 1.54) is 27.6 Å². The first-order chi connectivity index (χ1) is 11.0. The number of thiophene rings is 1. The zero-order chi connectivity index (χ0) is 16.4. The Morgan fingerprint density at radius 1 is 1.48 bits per heavy atom. The lowest BCUT2D eigenvalue weighted by Crippen LogP contribution is -2.49. The molecule has 0 saturated carbocycles. The Balaban J connectivity index is 1.79. The molecule has 3 heterocycles. The summed E-state index contributed by atoms with van der Waals surface area (Å²) in [4.78, 5) is 30.4. The van der Waals surface area contributed by atoms with Gasteiger partial charge in [0.1, 0.15) is 10.7 Å². The van der Waals surface area contributed by atoms with Gasteiger partial charge in [0.25, 0.3) is 5.91 Å². The molecule has 1 aliphatic rings. The summed E-state index contributed by atoms with van der Waals surface area (Å²) in [5.74, 6) is -1.21.